The van der Waals surface area contributed by atoms with Gasteiger partial charge in [0.25, 0.3) is 0 Å². The molecule has 1 unspecified atom stereocenters. The maximum Gasteiger partial charge on any atom is 0.191 e. The fraction of sp³-hybridized carbons (Fsp3) is 0.619. The molecule has 7 heteroatoms. The van der Waals surface area contributed by atoms with Gasteiger partial charge < -0.3 is 19.8 Å². The van der Waals surface area contributed by atoms with Crippen molar-refractivity contribution in [3.63, 3.8) is 0 Å². The number of furan rings is 1. The van der Waals surface area contributed by atoms with Gasteiger partial charge in [0.1, 0.15) is 5.76 Å². The van der Waals surface area contributed by atoms with E-state index in [0.717, 1.165) is 69.4 Å². The largest absolute Gasteiger partial charge is 0.469 e. The molecule has 2 aromatic heterocycles. The van der Waals surface area contributed by atoms with Crippen molar-refractivity contribution in [2.24, 2.45) is 18.0 Å². The Bertz CT molecular complexity index is 745. The van der Waals surface area contributed by atoms with Gasteiger partial charge in [0.05, 0.1) is 25.1 Å². The van der Waals surface area contributed by atoms with E-state index < -0.39 is 0 Å². The van der Waals surface area contributed by atoms with Crippen LogP contribution in [0.2, 0.25) is 0 Å². The van der Waals surface area contributed by atoms with E-state index in [1.807, 2.05) is 23.9 Å². The smallest absolute Gasteiger partial charge is 0.191 e. The zero-order valence-electron chi connectivity index (χ0n) is 17.3. The van der Waals surface area contributed by atoms with E-state index in [1.54, 1.807) is 6.26 Å². The van der Waals surface area contributed by atoms with Crippen molar-refractivity contribution < 1.29 is 9.15 Å². The Morgan fingerprint density at radius 1 is 1.32 bits per heavy atom. The lowest BCUT2D eigenvalue weighted by Gasteiger charge is -2.15. The number of aryl methyl sites for hydroxylation is 2. The van der Waals surface area contributed by atoms with Gasteiger partial charge in [0.15, 0.2) is 5.96 Å². The SMILES string of the molecule is CCc1nn(C)c(CC)c1CN=C(NCCc1ccco1)NCC1CCOC1. The third-order valence-corrected chi connectivity index (χ3v) is 5.25. The van der Waals surface area contributed by atoms with Crippen LogP contribution in [0.25, 0.3) is 0 Å². The molecule has 1 aliphatic heterocycles. The second-order valence-corrected chi connectivity index (χ2v) is 7.23. The number of ether oxygens (including phenoxy) is 1. The second-order valence-electron chi connectivity index (χ2n) is 7.23. The van der Waals surface area contributed by atoms with Crippen LogP contribution in [0.5, 0.6) is 0 Å². The predicted octanol–water partition coefficient (Wildman–Crippen LogP) is 2.45. The van der Waals surface area contributed by atoms with E-state index in [1.165, 1.54) is 11.3 Å². The minimum atomic E-state index is 0.549. The van der Waals surface area contributed by atoms with Gasteiger partial charge >= 0.3 is 0 Å². The molecule has 0 radical (unpaired) electrons. The number of aliphatic imine (C=N–C) groups is 1. The predicted molar refractivity (Wildman–Crippen MR) is 110 cm³/mol. The van der Waals surface area contributed by atoms with E-state index >= 15 is 0 Å². The molecule has 0 amide bonds. The van der Waals surface area contributed by atoms with Crippen molar-refractivity contribution in [1.29, 1.82) is 0 Å². The normalized spacial score (nSPS) is 17.2. The van der Waals surface area contributed by atoms with Crippen LogP contribution in [0.3, 0.4) is 0 Å². The number of hydrogen-bond acceptors (Lipinski definition) is 4. The van der Waals surface area contributed by atoms with Crippen molar-refractivity contribution in [3.05, 3.63) is 41.1 Å². The van der Waals surface area contributed by atoms with Gasteiger partial charge in [-0.15, -0.1) is 0 Å². The summed E-state index contributed by atoms with van der Waals surface area (Å²) < 4.78 is 12.9. The highest BCUT2D eigenvalue weighted by molar-refractivity contribution is 5.79. The number of guanidine groups is 1. The van der Waals surface area contributed by atoms with Crippen LogP contribution < -0.4 is 10.6 Å². The van der Waals surface area contributed by atoms with Crippen molar-refractivity contribution in [1.82, 2.24) is 20.4 Å². The molecule has 0 spiro atoms. The molecule has 2 N–H and O–H groups in total. The van der Waals surface area contributed by atoms with Gasteiger partial charge in [-0.1, -0.05) is 13.8 Å². The quantitative estimate of drug-likeness (QED) is 0.511. The zero-order chi connectivity index (χ0) is 19.8. The average Bonchev–Trinajstić information content (AvgIpc) is 3.45. The molecule has 0 bridgehead atoms. The number of rotatable bonds is 9. The lowest BCUT2D eigenvalue weighted by atomic mass is 10.1. The third kappa shape index (κ3) is 5.38. The van der Waals surface area contributed by atoms with Crippen LogP contribution in [-0.2, 0) is 37.6 Å². The Balaban J connectivity index is 1.65. The summed E-state index contributed by atoms with van der Waals surface area (Å²) >= 11 is 0. The van der Waals surface area contributed by atoms with Gasteiger partial charge in [-0.25, -0.2) is 4.99 Å². The van der Waals surface area contributed by atoms with Crippen molar-refractivity contribution in [2.45, 2.75) is 46.1 Å². The van der Waals surface area contributed by atoms with Gasteiger partial charge in [0, 0.05) is 50.3 Å². The highest BCUT2D eigenvalue weighted by Gasteiger charge is 2.17. The molecule has 1 aliphatic rings. The molecule has 0 aliphatic carbocycles. The maximum absolute atomic E-state index is 5.49. The molecular formula is C21H33N5O2. The summed E-state index contributed by atoms with van der Waals surface area (Å²) in [6.07, 6.45) is 5.53. The number of hydrogen-bond donors (Lipinski definition) is 2. The Hall–Kier alpha value is -2.28. The number of aromatic nitrogens is 2. The van der Waals surface area contributed by atoms with E-state index in [2.05, 4.69) is 29.6 Å². The molecule has 3 heterocycles. The molecule has 0 saturated carbocycles. The average molecular weight is 388 g/mol. The first kappa shape index (κ1) is 20.5. The first-order valence-corrected chi connectivity index (χ1v) is 10.4. The summed E-state index contributed by atoms with van der Waals surface area (Å²) in [5.74, 6) is 2.36. The molecule has 3 rings (SSSR count). The summed E-state index contributed by atoms with van der Waals surface area (Å²) in [5, 5.41) is 11.6. The minimum absolute atomic E-state index is 0.549. The van der Waals surface area contributed by atoms with E-state index in [-0.39, 0.29) is 0 Å². The van der Waals surface area contributed by atoms with Gasteiger partial charge in [-0.05, 0) is 31.4 Å². The summed E-state index contributed by atoms with van der Waals surface area (Å²) in [4.78, 5) is 4.87. The van der Waals surface area contributed by atoms with Crippen LogP contribution in [0, 0.1) is 5.92 Å². The zero-order valence-corrected chi connectivity index (χ0v) is 17.3. The van der Waals surface area contributed by atoms with Crippen molar-refractivity contribution >= 4 is 5.96 Å². The molecule has 28 heavy (non-hydrogen) atoms. The van der Waals surface area contributed by atoms with E-state index in [4.69, 9.17) is 14.1 Å². The molecule has 154 valence electrons. The Morgan fingerprint density at radius 2 is 2.21 bits per heavy atom. The Labute approximate surface area is 167 Å². The fourth-order valence-electron chi connectivity index (χ4n) is 3.65. The van der Waals surface area contributed by atoms with Crippen LogP contribution in [0.1, 0.15) is 43.0 Å². The topological polar surface area (TPSA) is 76.6 Å². The van der Waals surface area contributed by atoms with Crippen LogP contribution in [0.15, 0.2) is 27.8 Å². The van der Waals surface area contributed by atoms with Gasteiger partial charge in [-0.3, -0.25) is 4.68 Å². The van der Waals surface area contributed by atoms with Crippen LogP contribution in [0.4, 0.5) is 0 Å². The summed E-state index contributed by atoms with van der Waals surface area (Å²) in [6.45, 7) is 8.29. The molecule has 1 saturated heterocycles. The van der Waals surface area contributed by atoms with Crippen LogP contribution >= 0.6 is 0 Å². The molecular weight excluding hydrogens is 354 g/mol. The number of nitrogens with one attached hydrogen (secondary N) is 2. The monoisotopic (exact) mass is 387 g/mol. The molecule has 0 aromatic carbocycles. The first-order chi connectivity index (χ1) is 13.7. The Kier molecular flexibility index (Phi) is 7.54. The lowest BCUT2D eigenvalue weighted by molar-refractivity contribution is 0.186. The standard InChI is InChI=1S/C21H33N5O2/c1-4-19-18(20(5-2)26(3)25-19)14-24-21(23-13-16-9-12-27-15-16)22-10-8-17-7-6-11-28-17/h6-7,11,16H,4-5,8-10,12-15H2,1-3H3,(H2,22,23,24). The van der Waals surface area contributed by atoms with Gasteiger partial charge in [0.2, 0.25) is 0 Å². The van der Waals surface area contributed by atoms with Crippen molar-refractivity contribution in [2.75, 3.05) is 26.3 Å². The van der Waals surface area contributed by atoms with E-state index in [0.29, 0.717) is 12.5 Å². The fourth-order valence-corrected chi connectivity index (χ4v) is 3.65. The summed E-state index contributed by atoms with van der Waals surface area (Å²) in [5.41, 5.74) is 3.66. The second kappa shape index (κ2) is 10.3. The summed E-state index contributed by atoms with van der Waals surface area (Å²) in [7, 11) is 2.02. The lowest BCUT2D eigenvalue weighted by Crippen LogP contribution is -2.41. The molecule has 1 atom stereocenters. The van der Waals surface area contributed by atoms with Gasteiger partial charge in [-0.2, -0.15) is 5.10 Å². The van der Waals surface area contributed by atoms with Crippen molar-refractivity contribution in [3.8, 4) is 0 Å². The molecule has 7 nitrogen and oxygen atoms in total. The van der Waals surface area contributed by atoms with E-state index in [9.17, 15) is 0 Å². The number of nitrogens with zero attached hydrogens (tertiary/aromatic N) is 3. The first-order valence-electron chi connectivity index (χ1n) is 10.4. The third-order valence-electron chi connectivity index (χ3n) is 5.25. The highest BCUT2D eigenvalue weighted by Crippen LogP contribution is 2.16. The summed E-state index contributed by atoms with van der Waals surface area (Å²) in [6, 6.07) is 3.92. The maximum atomic E-state index is 5.49. The molecule has 2 aromatic rings. The van der Waals surface area contributed by atoms with Crippen LogP contribution in [-0.4, -0.2) is 42.0 Å². The highest BCUT2D eigenvalue weighted by atomic mass is 16.5. The minimum Gasteiger partial charge on any atom is -0.469 e. The Morgan fingerprint density at radius 3 is 2.89 bits per heavy atom. The molecule has 1 fully saturated rings.